The maximum absolute atomic E-state index is 4.78. The Morgan fingerprint density at radius 3 is 1.61 bits per heavy atom. The highest BCUT2D eigenvalue weighted by molar-refractivity contribution is 6.02. The predicted molar refractivity (Wildman–Crippen MR) is 177 cm³/mol. The Kier molecular flexibility index (Phi) is 4.40. The van der Waals surface area contributed by atoms with Gasteiger partial charge < -0.3 is 4.90 Å². The lowest BCUT2D eigenvalue weighted by Gasteiger charge is -2.51. The molecule has 2 spiro atoms. The molecule has 2 aromatic heterocycles. The number of aromatic nitrogens is 2. The van der Waals surface area contributed by atoms with Gasteiger partial charge in [0.2, 0.25) is 0 Å². The maximum Gasteiger partial charge on any atom is 0.0769 e. The van der Waals surface area contributed by atoms with Crippen molar-refractivity contribution in [3.8, 4) is 11.1 Å². The third-order valence-electron chi connectivity index (χ3n) is 10.7. The highest BCUT2D eigenvalue weighted by atomic mass is 15.2. The van der Waals surface area contributed by atoms with Gasteiger partial charge >= 0.3 is 0 Å². The number of allylic oxidation sites excluding steroid dienone is 3. The molecule has 10 rings (SSSR count). The van der Waals surface area contributed by atoms with E-state index in [0.29, 0.717) is 0 Å². The number of hydrogen-bond donors (Lipinski definition) is 0. The van der Waals surface area contributed by atoms with Gasteiger partial charge in [0.15, 0.2) is 0 Å². The average Bonchev–Trinajstić information content (AvgIpc) is 3.52. The van der Waals surface area contributed by atoms with Gasteiger partial charge in [0.1, 0.15) is 0 Å². The quantitative estimate of drug-likeness (QED) is 0.200. The minimum atomic E-state index is -0.544. The third kappa shape index (κ3) is 2.43. The number of fused-ring (bicyclic) bond motifs is 15. The first-order valence-electron chi connectivity index (χ1n) is 15.2. The van der Waals surface area contributed by atoms with E-state index in [1.165, 1.54) is 72.5 Å². The third-order valence-corrected chi connectivity index (χ3v) is 10.7. The van der Waals surface area contributed by atoms with E-state index in [0.717, 1.165) is 11.4 Å². The van der Waals surface area contributed by atoms with E-state index in [1.54, 1.807) is 0 Å². The van der Waals surface area contributed by atoms with Gasteiger partial charge in [-0.1, -0.05) is 104 Å². The van der Waals surface area contributed by atoms with E-state index in [-0.39, 0.29) is 0 Å². The Morgan fingerprint density at radius 2 is 1.02 bits per heavy atom. The molecule has 4 aliphatic rings. The fourth-order valence-electron chi connectivity index (χ4n) is 9.20. The normalized spacial score (nSPS) is 18.8. The molecule has 0 amide bonds. The summed E-state index contributed by atoms with van der Waals surface area (Å²) in [5.41, 5.74) is 17.6. The van der Waals surface area contributed by atoms with Gasteiger partial charge in [-0.3, -0.25) is 9.97 Å². The van der Waals surface area contributed by atoms with E-state index < -0.39 is 10.8 Å². The second-order valence-electron chi connectivity index (χ2n) is 12.2. The van der Waals surface area contributed by atoms with Crippen molar-refractivity contribution in [1.29, 1.82) is 0 Å². The van der Waals surface area contributed by atoms with Crippen molar-refractivity contribution < 1.29 is 0 Å². The highest BCUT2D eigenvalue weighted by Gasteiger charge is 2.58. The first-order chi connectivity index (χ1) is 21.7. The minimum Gasteiger partial charge on any atom is -0.309 e. The molecule has 0 radical (unpaired) electrons. The van der Waals surface area contributed by atoms with Crippen LogP contribution in [0, 0.1) is 0 Å². The molecule has 1 atom stereocenters. The van der Waals surface area contributed by atoms with Gasteiger partial charge in [0.25, 0.3) is 0 Å². The molecular weight excluding hydrogens is 534 g/mol. The first kappa shape index (κ1) is 24.0. The number of nitrogens with zero attached hydrogens (tertiary/aromatic N) is 3. The molecule has 206 valence electrons. The second kappa shape index (κ2) is 8.09. The molecule has 3 heteroatoms. The molecule has 0 fully saturated rings. The molecule has 6 aromatic rings. The number of anilines is 3. The van der Waals surface area contributed by atoms with Crippen LogP contribution in [0.4, 0.5) is 17.1 Å². The zero-order chi connectivity index (χ0) is 29.2. The average molecular weight is 562 g/mol. The van der Waals surface area contributed by atoms with E-state index in [4.69, 9.17) is 9.97 Å². The molecule has 3 nitrogen and oxygen atoms in total. The van der Waals surface area contributed by atoms with Crippen molar-refractivity contribution in [2.24, 2.45) is 0 Å². The van der Waals surface area contributed by atoms with Crippen molar-refractivity contribution in [1.82, 2.24) is 9.97 Å². The lowest BCUT2D eigenvalue weighted by Crippen LogP contribution is -2.43. The van der Waals surface area contributed by atoms with Gasteiger partial charge in [0, 0.05) is 35.9 Å². The van der Waals surface area contributed by atoms with Crippen LogP contribution in [0.1, 0.15) is 51.4 Å². The fraction of sp³-hybridized carbons (Fsp3) is 0.0732. The van der Waals surface area contributed by atoms with Crippen LogP contribution in [-0.4, -0.2) is 9.97 Å². The van der Waals surface area contributed by atoms with Gasteiger partial charge in [-0.05, 0) is 74.7 Å². The summed E-state index contributed by atoms with van der Waals surface area (Å²) in [5, 5.41) is 0. The van der Waals surface area contributed by atoms with Crippen LogP contribution in [0.3, 0.4) is 0 Å². The van der Waals surface area contributed by atoms with Crippen LogP contribution < -0.4 is 4.90 Å². The summed E-state index contributed by atoms with van der Waals surface area (Å²) in [5.74, 6) is 0. The Hall–Kier alpha value is -5.54. The number of hydrogen-bond acceptors (Lipinski definition) is 3. The smallest absolute Gasteiger partial charge is 0.0769 e. The van der Waals surface area contributed by atoms with Gasteiger partial charge in [-0.25, -0.2) is 0 Å². The van der Waals surface area contributed by atoms with Crippen molar-refractivity contribution in [3.05, 3.63) is 191 Å². The van der Waals surface area contributed by atoms with Crippen LogP contribution in [0.15, 0.2) is 146 Å². The molecule has 4 aromatic carbocycles. The standard InChI is InChI=1S/C41H27N3/c1-3-29-25(2)26-11-4-7-14-30(26)40(29)33-17-10-18-34-39(33)44(37-19-21-42-23-35(37)40)38-20-22-43-24-36(38)41(34)31-15-8-5-12-27(31)28-13-6-9-16-32(28)41/h3-24H,1H2,2H3. The molecule has 0 saturated heterocycles. The number of benzene rings is 4. The Morgan fingerprint density at radius 1 is 0.545 bits per heavy atom. The summed E-state index contributed by atoms with van der Waals surface area (Å²) in [6, 6.07) is 38.1. The molecule has 2 aliphatic carbocycles. The first-order valence-corrected chi connectivity index (χ1v) is 15.2. The molecular formula is C41H27N3. The minimum absolute atomic E-state index is 0.518. The monoisotopic (exact) mass is 561 g/mol. The van der Waals surface area contributed by atoms with Gasteiger partial charge in [-0.15, -0.1) is 0 Å². The van der Waals surface area contributed by atoms with Crippen molar-refractivity contribution in [3.63, 3.8) is 0 Å². The highest BCUT2D eigenvalue weighted by Crippen LogP contribution is 2.69. The Bertz CT molecular complexity index is 2250. The van der Waals surface area contributed by atoms with Crippen molar-refractivity contribution in [2.45, 2.75) is 17.8 Å². The summed E-state index contributed by atoms with van der Waals surface area (Å²) < 4.78 is 0. The lowest BCUT2D eigenvalue weighted by atomic mass is 9.59. The zero-order valence-electron chi connectivity index (χ0n) is 24.3. The summed E-state index contributed by atoms with van der Waals surface area (Å²) in [6.07, 6.45) is 10.1. The molecule has 0 saturated carbocycles. The topological polar surface area (TPSA) is 29.0 Å². The van der Waals surface area contributed by atoms with Crippen LogP contribution in [-0.2, 0) is 10.8 Å². The molecule has 4 heterocycles. The molecule has 1 unspecified atom stereocenters. The summed E-state index contributed by atoms with van der Waals surface area (Å²) in [7, 11) is 0. The molecule has 44 heavy (non-hydrogen) atoms. The Labute approximate surface area is 256 Å². The summed E-state index contributed by atoms with van der Waals surface area (Å²) in [6.45, 7) is 6.66. The molecule has 2 aliphatic heterocycles. The van der Waals surface area contributed by atoms with Crippen LogP contribution in [0.2, 0.25) is 0 Å². The SMILES string of the molecule is C=CC1=C(C)c2ccccc2C12c1cnccc1N1c3ccncc3C3(c4ccccc4-c4ccccc43)c3cccc2c31. The van der Waals surface area contributed by atoms with Crippen LogP contribution in [0.5, 0.6) is 0 Å². The number of rotatable bonds is 1. The van der Waals surface area contributed by atoms with E-state index in [9.17, 15) is 0 Å². The number of pyridine rings is 2. The van der Waals surface area contributed by atoms with Crippen molar-refractivity contribution >= 4 is 22.6 Å². The number of para-hydroxylation sites is 1. The van der Waals surface area contributed by atoms with Crippen LogP contribution in [0.25, 0.3) is 16.7 Å². The molecule has 0 N–H and O–H groups in total. The Balaban J connectivity index is 1.45. The van der Waals surface area contributed by atoms with E-state index >= 15 is 0 Å². The van der Waals surface area contributed by atoms with Crippen molar-refractivity contribution in [2.75, 3.05) is 4.90 Å². The molecule has 0 bridgehead atoms. The predicted octanol–water partition coefficient (Wildman–Crippen LogP) is 9.24. The largest absolute Gasteiger partial charge is 0.309 e. The summed E-state index contributed by atoms with van der Waals surface area (Å²) >= 11 is 0. The summed E-state index contributed by atoms with van der Waals surface area (Å²) in [4.78, 5) is 12.0. The van der Waals surface area contributed by atoms with E-state index in [1.807, 2.05) is 12.4 Å². The maximum atomic E-state index is 4.78. The lowest BCUT2D eigenvalue weighted by molar-refractivity contribution is 0.700. The van der Waals surface area contributed by atoms with E-state index in [2.05, 4.69) is 140 Å². The van der Waals surface area contributed by atoms with Gasteiger partial charge in [-0.2, -0.15) is 0 Å². The van der Waals surface area contributed by atoms with Crippen LogP contribution >= 0.6 is 0 Å². The van der Waals surface area contributed by atoms with Gasteiger partial charge in [0.05, 0.1) is 27.9 Å². The second-order valence-corrected chi connectivity index (χ2v) is 12.2. The zero-order valence-corrected chi connectivity index (χ0v) is 24.3. The fourth-order valence-corrected chi connectivity index (χ4v) is 9.20.